The van der Waals surface area contributed by atoms with E-state index in [2.05, 4.69) is 43.6 Å². The maximum absolute atomic E-state index is 14.9. The third-order valence-electron chi connectivity index (χ3n) is 8.57. The molecular formula is C31H37FN8O4. The zero-order chi connectivity index (χ0) is 30.6. The fourth-order valence-corrected chi connectivity index (χ4v) is 5.95. The highest BCUT2D eigenvalue weighted by molar-refractivity contribution is 6.01. The Morgan fingerprint density at radius 1 is 1.20 bits per heavy atom. The van der Waals surface area contributed by atoms with Crippen LogP contribution in [0.25, 0.3) is 0 Å². The molecule has 12 nitrogen and oxygen atoms in total. The van der Waals surface area contributed by atoms with Crippen molar-refractivity contribution < 1.29 is 23.8 Å². The van der Waals surface area contributed by atoms with Crippen molar-refractivity contribution in [1.29, 1.82) is 5.26 Å². The summed E-state index contributed by atoms with van der Waals surface area (Å²) in [6.45, 7) is 7.01. The highest BCUT2D eigenvalue weighted by atomic mass is 19.1. The van der Waals surface area contributed by atoms with Crippen LogP contribution in [-0.4, -0.2) is 111 Å². The van der Waals surface area contributed by atoms with E-state index in [1.54, 1.807) is 19.3 Å². The van der Waals surface area contributed by atoms with Gasteiger partial charge in [0.25, 0.3) is 0 Å². The number of carbonyl (C=O) groups excluding carboxylic acids is 1. The molecule has 0 aliphatic carbocycles. The number of piperazine rings is 1. The van der Waals surface area contributed by atoms with E-state index in [9.17, 15) is 14.4 Å². The van der Waals surface area contributed by atoms with Crippen LogP contribution in [0.5, 0.6) is 5.75 Å². The van der Waals surface area contributed by atoms with Crippen LogP contribution in [0.3, 0.4) is 0 Å². The van der Waals surface area contributed by atoms with Gasteiger partial charge < -0.3 is 35.0 Å². The summed E-state index contributed by atoms with van der Waals surface area (Å²) >= 11 is 0. The fraction of sp³-hybridized carbons (Fsp3) is 0.484. The van der Waals surface area contributed by atoms with Crippen LogP contribution < -0.4 is 20.3 Å². The second-order valence-corrected chi connectivity index (χ2v) is 11.4. The molecule has 232 valence electrons. The van der Waals surface area contributed by atoms with Gasteiger partial charge in [0.15, 0.2) is 12.3 Å². The van der Waals surface area contributed by atoms with E-state index >= 15 is 0 Å². The van der Waals surface area contributed by atoms with Gasteiger partial charge in [-0.25, -0.2) is 14.4 Å². The molecule has 2 aromatic rings. The number of hydrogen-bond acceptors (Lipinski definition) is 11. The van der Waals surface area contributed by atoms with E-state index in [1.807, 2.05) is 18.2 Å². The highest BCUT2D eigenvalue weighted by Crippen LogP contribution is 2.33. The van der Waals surface area contributed by atoms with Crippen molar-refractivity contribution in [1.82, 2.24) is 15.1 Å². The van der Waals surface area contributed by atoms with Crippen molar-refractivity contribution >= 4 is 29.6 Å². The van der Waals surface area contributed by atoms with Crippen molar-refractivity contribution in [2.75, 3.05) is 69.3 Å². The molecule has 0 aromatic heterocycles. The van der Waals surface area contributed by atoms with Gasteiger partial charge in [-0.2, -0.15) is 5.26 Å². The molecule has 3 N–H and O–H groups in total. The number of nitrogens with one attached hydrogen (secondary N) is 2. The van der Waals surface area contributed by atoms with Crippen molar-refractivity contribution in [3.8, 4) is 11.8 Å². The number of anilines is 2. The number of amides is 1. The lowest BCUT2D eigenvalue weighted by molar-refractivity contribution is -0.138. The van der Waals surface area contributed by atoms with Crippen LogP contribution in [0.4, 0.5) is 15.8 Å². The molecule has 3 atom stereocenters. The predicted molar refractivity (Wildman–Crippen MR) is 164 cm³/mol. The molecule has 0 spiro atoms. The second-order valence-electron chi connectivity index (χ2n) is 11.4. The molecule has 3 saturated heterocycles. The van der Waals surface area contributed by atoms with Gasteiger partial charge in [-0.1, -0.05) is 0 Å². The molecule has 0 saturated carbocycles. The number of alkyl halides is 1. The van der Waals surface area contributed by atoms with Gasteiger partial charge in [0.05, 0.1) is 37.7 Å². The number of piperidine rings is 1. The normalized spacial score (nSPS) is 24.1. The Hall–Kier alpha value is -4.25. The standard InChI is InChI=1S/C31H37FN8O4/c1-20-12-21(13-22(14-33)29(20)44-27-6-7-40(15-26(27)32)28(42)16-41)30-34-19-35-31(37-30)36-23-2-4-24(5-3-23)38-8-10-39(11-9-38)25-17-43-18-25/h2-5,12-13,19,25-27,30,41H,6-11,15-18H2,1H3,(H2,34,35,36,37)/t26-,27+,30?/m1/s1. The number of likely N-dealkylation sites (tertiary alicyclic amines) is 1. The molecule has 0 bridgehead atoms. The number of rotatable bonds is 7. The number of nitriles is 1. The molecule has 44 heavy (non-hydrogen) atoms. The van der Waals surface area contributed by atoms with Crippen molar-refractivity contribution in [2.24, 2.45) is 9.98 Å². The minimum absolute atomic E-state index is 0.159. The molecule has 3 fully saturated rings. The predicted octanol–water partition coefficient (Wildman–Crippen LogP) is 1.80. The first kappa shape index (κ1) is 29.8. The van der Waals surface area contributed by atoms with E-state index in [4.69, 9.17) is 19.6 Å². The van der Waals surface area contributed by atoms with E-state index in [0.717, 1.165) is 45.1 Å². The first-order chi connectivity index (χ1) is 21.4. The quantitative estimate of drug-likeness (QED) is 0.432. The van der Waals surface area contributed by atoms with E-state index in [1.165, 1.54) is 10.6 Å². The zero-order valence-electron chi connectivity index (χ0n) is 24.7. The summed E-state index contributed by atoms with van der Waals surface area (Å²) in [7, 11) is 0. The lowest BCUT2D eigenvalue weighted by Gasteiger charge is -2.43. The summed E-state index contributed by atoms with van der Waals surface area (Å²) in [5, 5.41) is 25.3. The smallest absolute Gasteiger partial charge is 0.248 e. The van der Waals surface area contributed by atoms with Crippen LogP contribution >= 0.6 is 0 Å². The molecule has 4 aliphatic heterocycles. The summed E-state index contributed by atoms with van der Waals surface area (Å²) in [5.41, 5.74) is 3.69. The van der Waals surface area contributed by atoms with Crippen LogP contribution in [0, 0.1) is 18.3 Å². The average molecular weight is 605 g/mol. The summed E-state index contributed by atoms with van der Waals surface area (Å²) < 4.78 is 26.2. The maximum Gasteiger partial charge on any atom is 0.248 e. The van der Waals surface area contributed by atoms with Gasteiger partial charge in [0.1, 0.15) is 24.5 Å². The van der Waals surface area contributed by atoms with Crippen LogP contribution in [0.15, 0.2) is 46.4 Å². The van der Waals surface area contributed by atoms with Gasteiger partial charge in [0, 0.05) is 56.1 Å². The van der Waals surface area contributed by atoms with E-state index < -0.39 is 31.0 Å². The number of nitrogens with zero attached hydrogens (tertiary/aromatic N) is 6. The fourth-order valence-electron chi connectivity index (χ4n) is 5.95. The van der Waals surface area contributed by atoms with Gasteiger partial charge in [-0.15, -0.1) is 0 Å². The Morgan fingerprint density at radius 3 is 2.64 bits per heavy atom. The number of halogens is 1. The number of aliphatic hydroxyl groups is 1. The zero-order valence-corrected chi connectivity index (χ0v) is 24.7. The Kier molecular flexibility index (Phi) is 8.92. The molecule has 1 unspecified atom stereocenters. The second kappa shape index (κ2) is 13.2. The summed E-state index contributed by atoms with van der Waals surface area (Å²) in [6.07, 6.45) is -1.01. The minimum Gasteiger partial charge on any atom is -0.486 e. The van der Waals surface area contributed by atoms with E-state index in [0.29, 0.717) is 28.9 Å². The lowest BCUT2D eigenvalue weighted by atomic mass is 10.0. The number of hydrogen-bond donors (Lipinski definition) is 3. The molecule has 6 rings (SSSR count). The molecule has 0 radical (unpaired) electrons. The third kappa shape index (κ3) is 6.47. The molecule has 4 heterocycles. The van der Waals surface area contributed by atoms with Gasteiger partial charge in [-0.05, 0) is 48.9 Å². The Labute approximate surface area is 255 Å². The Balaban J connectivity index is 1.08. The SMILES string of the molecule is Cc1cc(C2N=CNC(Nc3ccc(N4CCN(C5COC5)CC4)cc3)=N2)cc(C#N)c1O[C@H]1CCN(C(=O)CO)C[C@H]1F. The highest BCUT2D eigenvalue weighted by Gasteiger charge is 2.34. The number of aryl methyl sites for hydroxylation is 1. The number of aliphatic hydroxyl groups excluding tert-OH is 1. The van der Waals surface area contributed by atoms with Gasteiger partial charge in [-0.3, -0.25) is 9.69 Å². The summed E-state index contributed by atoms with van der Waals surface area (Å²) in [5.74, 6) is 0.322. The van der Waals surface area contributed by atoms with Crippen LogP contribution in [0.1, 0.15) is 29.3 Å². The average Bonchev–Trinajstić information content (AvgIpc) is 3.02. The number of ether oxygens (including phenoxy) is 2. The molecule has 2 aromatic carbocycles. The van der Waals surface area contributed by atoms with Gasteiger partial charge >= 0.3 is 0 Å². The number of guanidine groups is 1. The molecular weight excluding hydrogens is 567 g/mol. The first-order valence-electron chi connectivity index (χ1n) is 15.0. The summed E-state index contributed by atoms with van der Waals surface area (Å²) in [6, 6.07) is 14.5. The number of aliphatic imine (C=N–C) groups is 2. The van der Waals surface area contributed by atoms with Crippen molar-refractivity contribution in [2.45, 2.75) is 37.8 Å². The molecule has 1 amide bonds. The third-order valence-corrected chi connectivity index (χ3v) is 8.57. The minimum atomic E-state index is -1.44. The molecule has 13 heteroatoms. The summed E-state index contributed by atoms with van der Waals surface area (Å²) in [4.78, 5) is 27.1. The Morgan fingerprint density at radius 2 is 1.98 bits per heavy atom. The van der Waals surface area contributed by atoms with Crippen LogP contribution in [-0.2, 0) is 9.53 Å². The number of benzene rings is 2. The van der Waals surface area contributed by atoms with E-state index in [-0.39, 0.29) is 25.1 Å². The Bertz CT molecular complexity index is 1450. The maximum atomic E-state index is 14.9. The molecule has 4 aliphatic rings. The largest absolute Gasteiger partial charge is 0.486 e. The lowest BCUT2D eigenvalue weighted by Crippen LogP contribution is -2.56. The first-order valence-corrected chi connectivity index (χ1v) is 15.0. The van der Waals surface area contributed by atoms with Crippen molar-refractivity contribution in [3.05, 3.63) is 53.1 Å². The number of carbonyl (C=O) groups is 1. The van der Waals surface area contributed by atoms with Gasteiger partial charge in [0.2, 0.25) is 11.9 Å². The monoisotopic (exact) mass is 604 g/mol. The van der Waals surface area contributed by atoms with Crippen molar-refractivity contribution in [3.63, 3.8) is 0 Å². The van der Waals surface area contributed by atoms with Crippen LogP contribution in [0.2, 0.25) is 0 Å². The topological polar surface area (TPSA) is 138 Å².